The van der Waals surface area contributed by atoms with Gasteiger partial charge in [-0.25, -0.2) is 4.98 Å². The van der Waals surface area contributed by atoms with Crippen LogP contribution < -0.4 is 4.74 Å². The van der Waals surface area contributed by atoms with Crippen LogP contribution in [0.25, 0.3) is 0 Å². The monoisotopic (exact) mass is 287 g/mol. The standard InChI is InChI=1S/C15H17N3O3/c1-10-3-4-14(16-7-10)20-12-5-6-18(9-12)15(19)13-8-17-21-11(13)2/h3-4,7-8,12H,5-6,9H2,1-2H3. The average molecular weight is 287 g/mol. The number of hydrogen-bond donors (Lipinski definition) is 0. The van der Waals surface area contributed by atoms with Crippen molar-refractivity contribution >= 4 is 5.91 Å². The zero-order valence-corrected chi connectivity index (χ0v) is 12.1. The number of hydrogen-bond acceptors (Lipinski definition) is 5. The smallest absolute Gasteiger partial charge is 0.259 e. The molecule has 1 fully saturated rings. The molecule has 6 heteroatoms. The zero-order chi connectivity index (χ0) is 14.8. The van der Waals surface area contributed by atoms with Gasteiger partial charge in [0.2, 0.25) is 5.88 Å². The Labute approximate surface area is 122 Å². The van der Waals surface area contributed by atoms with E-state index < -0.39 is 0 Å². The molecule has 1 aliphatic heterocycles. The number of aromatic nitrogens is 2. The van der Waals surface area contributed by atoms with Crippen LogP contribution in [0, 0.1) is 13.8 Å². The number of rotatable bonds is 3. The van der Waals surface area contributed by atoms with Crippen LogP contribution in [0.2, 0.25) is 0 Å². The Morgan fingerprint density at radius 2 is 2.24 bits per heavy atom. The first-order valence-electron chi connectivity index (χ1n) is 6.93. The van der Waals surface area contributed by atoms with Crippen LogP contribution in [-0.2, 0) is 0 Å². The van der Waals surface area contributed by atoms with Crippen LogP contribution in [0.4, 0.5) is 0 Å². The summed E-state index contributed by atoms with van der Waals surface area (Å²) < 4.78 is 10.8. The van der Waals surface area contributed by atoms with E-state index in [-0.39, 0.29) is 12.0 Å². The summed E-state index contributed by atoms with van der Waals surface area (Å²) >= 11 is 0. The van der Waals surface area contributed by atoms with Gasteiger partial charge in [0.25, 0.3) is 5.91 Å². The van der Waals surface area contributed by atoms with Gasteiger partial charge in [0.15, 0.2) is 0 Å². The Balaban J connectivity index is 1.62. The van der Waals surface area contributed by atoms with Gasteiger partial charge in [-0.15, -0.1) is 0 Å². The first-order valence-corrected chi connectivity index (χ1v) is 6.93. The number of likely N-dealkylation sites (tertiary alicyclic amines) is 1. The molecule has 1 saturated heterocycles. The number of pyridine rings is 1. The Morgan fingerprint density at radius 3 is 2.90 bits per heavy atom. The topological polar surface area (TPSA) is 68.5 Å². The molecule has 0 saturated carbocycles. The van der Waals surface area contributed by atoms with Gasteiger partial charge in [-0.1, -0.05) is 11.2 Å². The normalized spacial score (nSPS) is 18.0. The minimum absolute atomic E-state index is 0.0238. The van der Waals surface area contributed by atoms with Crippen LogP contribution in [-0.4, -0.2) is 40.1 Å². The molecule has 2 aromatic rings. The van der Waals surface area contributed by atoms with Crippen LogP contribution in [0.3, 0.4) is 0 Å². The first-order chi connectivity index (χ1) is 10.1. The van der Waals surface area contributed by atoms with E-state index in [0.29, 0.717) is 30.3 Å². The van der Waals surface area contributed by atoms with Crippen molar-refractivity contribution in [3.05, 3.63) is 41.4 Å². The van der Waals surface area contributed by atoms with Gasteiger partial charge < -0.3 is 14.2 Å². The molecule has 1 atom stereocenters. The van der Waals surface area contributed by atoms with Crippen molar-refractivity contribution in [2.45, 2.75) is 26.4 Å². The number of nitrogens with zero attached hydrogens (tertiary/aromatic N) is 3. The van der Waals surface area contributed by atoms with E-state index in [9.17, 15) is 4.79 Å². The third-order valence-corrected chi connectivity index (χ3v) is 3.59. The molecule has 0 radical (unpaired) electrons. The van der Waals surface area contributed by atoms with Crippen molar-refractivity contribution in [3.8, 4) is 5.88 Å². The van der Waals surface area contributed by atoms with E-state index in [1.165, 1.54) is 6.20 Å². The molecular formula is C15H17N3O3. The molecule has 6 nitrogen and oxygen atoms in total. The predicted octanol–water partition coefficient (Wildman–Crippen LogP) is 1.98. The van der Waals surface area contributed by atoms with Crippen molar-refractivity contribution in [3.63, 3.8) is 0 Å². The van der Waals surface area contributed by atoms with Gasteiger partial charge in [0, 0.05) is 25.2 Å². The maximum atomic E-state index is 12.3. The number of carbonyl (C=O) groups is 1. The predicted molar refractivity (Wildman–Crippen MR) is 75.2 cm³/mol. The van der Waals surface area contributed by atoms with Crippen LogP contribution in [0.1, 0.15) is 28.1 Å². The zero-order valence-electron chi connectivity index (χ0n) is 12.1. The molecule has 1 amide bonds. The van der Waals surface area contributed by atoms with Gasteiger partial charge in [0.1, 0.15) is 17.4 Å². The fraction of sp³-hybridized carbons (Fsp3) is 0.400. The van der Waals surface area contributed by atoms with Crippen molar-refractivity contribution in [2.75, 3.05) is 13.1 Å². The molecule has 3 heterocycles. The molecule has 1 unspecified atom stereocenters. The highest BCUT2D eigenvalue weighted by Gasteiger charge is 2.30. The number of amides is 1. The second kappa shape index (κ2) is 5.55. The number of ether oxygens (including phenoxy) is 1. The summed E-state index contributed by atoms with van der Waals surface area (Å²) in [6, 6.07) is 3.81. The quantitative estimate of drug-likeness (QED) is 0.863. The lowest BCUT2D eigenvalue weighted by molar-refractivity contribution is 0.0769. The van der Waals surface area contributed by atoms with Gasteiger partial charge in [-0.05, 0) is 19.4 Å². The molecule has 1 aliphatic rings. The largest absolute Gasteiger partial charge is 0.472 e. The van der Waals surface area contributed by atoms with Gasteiger partial charge in [0.05, 0.1) is 12.7 Å². The van der Waals surface area contributed by atoms with Crippen LogP contribution >= 0.6 is 0 Å². The lowest BCUT2D eigenvalue weighted by atomic mass is 10.2. The summed E-state index contributed by atoms with van der Waals surface area (Å²) in [5, 5.41) is 3.65. The maximum Gasteiger partial charge on any atom is 0.259 e. The maximum absolute atomic E-state index is 12.3. The van der Waals surface area contributed by atoms with Crippen LogP contribution in [0.5, 0.6) is 5.88 Å². The first kappa shape index (κ1) is 13.6. The number of carbonyl (C=O) groups excluding carboxylic acids is 1. The van der Waals surface area contributed by atoms with E-state index >= 15 is 0 Å². The highest BCUT2D eigenvalue weighted by Crippen LogP contribution is 2.19. The minimum Gasteiger partial charge on any atom is -0.472 e. The second-order valence-electron chi connectivity index (χ2n) is 5.25. The molecule has 0 aromatic carbocycles. The molecule has 0 aliphatic carbocycles. The molecule has 3 rings (SSSR count). The molecule has 2 aromatic heterocycles. The fourth-order valence-corrected chi connectivity index (χ4v) is 2.38. The highest BCUT2D eigenvalue weighted by molar-refractivity contribution is 5.94. The average Bonchev–Trinajstić information content (AvgIpc) is 3.10. The highest BCUT2D eigenvalue weighted by atomic mass is 16.5. The van der Waals surface area contributed by atoms with E-state index in [1.807, 2.05) is 19.1 Å². The van der Waals surface area contributed by atoms with Crippen molar-refractivity contribution in [1.29, 1.82) is 0 Å². The Hall–Kier alpha value is -2.37. The Kier molecular flexibility index (Phi) is 3.60. The Bertz CT molecular complexity index is 636. The third-order valence-electron chi connectivity index (χ3n) is 3.59. The van der Waals surface area contributed by atoms with E-state index in [2.05, 4.69) is 10.1 Å². The summed E-state index contributed by atoms with van der Waals surface area (Å²) in [5.41, 5.74) is 1.61. The summed E-state index contributed by atoms with van der Waals surface area (Å²) in [6.07, 6.45) is 4.01. The molecule has 0 spiro atoms. The SMILES string of the molecule is Cc1ccc(OC2CCN(C(=O)c3cnoc3C)C2)nc1. The minimum atomic E-state index is -0.0586. The Morgan fingerprint density at radius 1 is 1.38 bits per heavy atom. The van der Waals surface area contributed by atoms with Gasteiger partial charge in [-0.3, -0.25) is 4.79 Å². The molecule has 0 bridgehead atoms. The van der Waals surface area contributed by atoms with E-state index in [1.54, 1.807) is 18.0 Å². The lowest BCUT2D eigenvalue weighted by Crippen LogP contribution is -2.31. The lowest BCUT2D eigenvalue weighted by Gasteiger charge is -2.16. The third kappa shape index (κ3) is 2.89. The van der Waals surface area contributed by atoms with E-state index in [4.69, 9.17) is 9.26 Å². The van der Waals surface area contributed by atoms with Crippen molar-refractivity contribution in [2.24, 2.45) is 0 Å². The van der Waals surface area contributed by atoms with Gasteiger partial charge >= 0.3 is 0 Å². The summed E-state index contributed by atoms with van der Waals surface area (Å²) in [5.74, 6) is 1.09. The fourth-order valence-electron chi connectivity index (χ4n) is 2.38. The molecular weight excluding hydrogens is 270 g/mol. The molecule has 110 valence electrons. The summed E-state index contributed by atoms with van der Waals surface area (Å²) in [6.45, 7) is 4.94. The number of aryl methyl sites for hydroxylation is 2. The van der Waals surface area contributed by atoms with E-state index in [0.717, 1.165) is 12.0 Å². The summed E-state index contributed by atoms with van der Waals surface area (Å²) in [4.78, 5) is 18.3. The van der Waals surface area contributed by atoms with Crippen LogP contribution in [0.15, 0.2) is 29.0 Å². The summed E-state index contributed by atoms with van der Waals surface area (Å²) in [7, 11) is 0. The van der Waals surface area contributed by atoms with Crippen molar-refractivity contribution < 1.29 is 14.1 Å². The molecule has 21 heavy (non-hydrogen) atoms. The molecule has 0 N–H and O–H groups in total. The second-order valence-corrected chi connectivity index (χ2v) is 5.25. The van der Waals surface area contributed by atoms with Crippen molar-refractivity contribution in [1.82, 2.24) is 15.0 Å². The van der Waals surface area contributed by atoms with Gasteiger partial charge in [-0.2, -0.15) is 0 Å².